The van der Waals surface area contributed by atoms with E-state index in [0.29, 0.717) is 6.04 Å². The molecule has 1 aromatic carbocycles. The summed E-state index contributed by atoms with van der Waals surface area (Å²) in [6.45, 7) is 2.09. The van der Waals surface area contributed by atoms with Gasteiger partial charge in [0.2, 0.25) is 0 Å². The monoisotopic (exact) mass is 286 g/mol. The summed E-state index contributed by atoms with van der Waals surface area (Å²) in [5, 5.41) is 21.4. The first-order valence-electron chi connectivity index (χ1n) is 7.15. The van der Waals surface area contributed by atoms with E-state index in [4.69, 9.17) is 0 Å². The molecule has 2 atom stereocenters. The summed E-state index contributed by atoms with van der Waals surface area (Å²) in [4.78, 5) is 10.3. The Morgan fingerprint density at radius 3 is 2.90 bits per heavy atom. The zero-order chi connectivity index (χ0) is 14.8. The minimum Gasteiger partial charge on any atom is -0.307 e. The average molecular weight is 286 g/mol. The van der Waals surface area contributed by atoms with E-state index < -0.39 is 0 Å². The molecule has 1 aromatic heterocycles. The van der Waals surface area contributed by atoms with Gasteiger partial charge in [0, 0.05) is 29.9 Å². The molecular formula is C15H18N4O2. The van der Waals surface area contributed by atoms with Gasteiger partial charge in [-0.2, -0.15) is 5.10 Å². The number of non-ortho nitro benzene ring substituents is 1. The summed E-state index contributed by atoms with van der Waals surface area (Å²) in [6, 6.07) is 7.35. The molecule has 1 aliphatic rings. The third-order valence-electron chi connectivity index (χ3n) is 4.11. The van der Waals surface area contributed by atoms with Crippen LogP contribution < -0.4 is 5.32 Å². The number of nitrogens with zero attached hydrogens (tertiary/aromatic N) is 2. The van der Waals surface area contributed by atoms with Crippen molar-refractivity contribution >= 4 is 5.69 Å². The van der Waals surface area contributed by atoms with Crippen molar-refractivity contribution in [3.8, 4) is 0 Å². The van der Waals surface area contributed by atoms with Gasteiger partial charge in [-0.3, -0.25) is 15.2 Å². The summed E-state index contributed by atoms with van der Waals surface area (Å²) in [5.41, 5.74) is 3.73. The SMILES string of the molecule is CC(NC1CCc2[nH]ncc2C1)c1ccc([N+](=O)[O-])cc1. The quantitative estimate of drug-likeness (QED) is 0.668. The van der Waals surface area contributed by atoms with E-state index in [0.717, 1.165) is 24.8 Å². The number of hydrogen-bond donors (Lipinski definition) is 2. The third-order valence-corrected chi connectivity index (χ3v) is 4.11. The standard InChI is InChI=1S/C15H18N4O2/c1-10(11-2-5-14(6-3-11)19(20)21)17-13-4-7-15-12(8-13)9-16-18-15/h2-3,5-6,9-10,13,17H,4,7-8H2,1H3,(H,16,18). The second kappa shape index (κ2) is 5.65. The van der Waals surface area contributed by atoms with E-state index in [1.165, 1.54) is 11.3 Å². The number of hydrogen-bond acceptors (Lipinski definition) is 4. The second-order valence-corrected chi connectivity index (χ2v) is 5.55. The van der Waals surface area contributed by atoms with E-state index in [1.54, 1.807) is 12.1 Å². The summed E-state index contributed by atoms with van der Waals surface area (Å²) in [6.07, 6.45) is 4.97. The van der Waals surface area contributed by atoms with Crippen LogP contribution in [0, 0.1) is 10.1 Å². The zero-order valence-electron chi connectivity index (χ0n) is 11.9. The van der Waals surface area contributed by atoms with Gasteiger partial charge in [-0.05, 0) is 37.3 Å². The highest BCUT2D eigenvalue weighted by Gasteiger charge is 2.21. The number of aromatic amines is 1. The normalized spacial score (nSPS) is 19.0. The van der Waals surface area contributed by atoms with Gasteiger partial charge in [0.05, 0.1) is 11.1 Å². The Morgan fingerprint density at radius 1 is 1.43 bits per heavy atom. The molecule has 0 bridgehead atoms. The Balaban J connectivity index is 1.64. The van der Waals surface area contributed by atoms with Crippen LogP contribution in [0.2, 0.25) is 0 Å². The van der Waals surface area contributed by atoms with Crippen LogP contribution >= 0.6 is 0 Å². The first-order chi connectivity index (χ1) is 10.1. The van der Waals surface area contributed by atoms with Crippen molar-refractivity contribution in [1.29, 1.82) is 0 Å². The van der Waals surface area contributed by atoms with Gasteiger partial charge in [0.25, 0.3) is 5.69 Å². The third kappa shape index (κ3) is 2.95. The molecule has 3 rings (SSSR count). The van der Waals surface area contributed by atoms with E-state index in [-0.39, 0.29) is 16.7 Å². The van der Waals surface area contributed by atoms with E-state index in [1.807, 2.05) is 18.3 Å². The van der Waals surface area contributed by atoms with Gasteiger partial charge in [-0.25, -0.2) is 0 Å². The van der Waals surface area contributed by atoms with Crippen LogP contribution in [-0.2, 0) is 12.8 Å². The average Bonchev–Trinajstić information content (AvgIpc) is 2.95. The molecule has 0 spiro atoms. The van der Waals surface area contributed by atoms with Crippen molar-refractivity contribution in [3.63, 3.8) is 0 Å². The maximum atomic E-state index is 10.7. The number of nitro groups is 1. The maximum Gasteiger partial charge on any atom is 0.269 e. The van der Waals surface area contributed by atoms with E-state index in [2.05, 4.69) is 22.4 Å². The Kier molecular flexibility index (Phi) is 3.70. The molecule has 2 N–H and O–H groups in total. The van der Waals surface area contributed by atoms with Gasteiger partial charge >= 0.3 is 0 Å². The number of aryl methyl sites for hydroxylation is 1. The number of nitrogens with one attached hydrogen (secondary N) is 2. The van der Waals surface area contributed by atoms with Crippen molar-refractivity contribution in [2.45, 2.75) is 38.3 Å². The van der Waals surface area contributed by atoms with Crippen molar-refractivity contribution in [3.05, 3.63) is 57.4 Å². The molecule has 6 nitrogen and oxygen atoms in total. The Morgan fingerprint density at radius 2 is 2.19 bits per heavy atom. The number of benzene rings is 1. The molecule has 0 aliphatic heterocycles. The van der Waals surface area contributed by atoms with E-state index >= 15 is 0 Å². The van der Waals surface area contributed by atoms with Crippen LogP contribution in [-0.4, -0.2) is 21.2 Å². The van der Waals surface area contributed by atoms with Crippen LogP contribution in [0.15, 0.2) is 30.5 Å². The minimum atomic E-state index is -0.372. The molecule has 2 aromatic rings. The summed E-state index contributed by atoms with van der Waals surface area (Å²) < 4.78 is 0. The summed E-state index contributed by atoms with van der Waals surface area (Å²) in [5.74, 6) is 0. The molecule has 0 amide bonds. The van der Waals surface area contributed by atoms with Crippen LogP contribution in [0.4, 0.5) is 5.69 Å². The highest BCUT2D eigenvalue weighted by Crippen LogP contribution is 2.23. The molecule has 0 saturated heterocycles. The molecule has 0 fully saturated rings. The zero-order valence-corrected chi connectivity index (χ0v) is 11.9. The van der Waals surface area contributed by atoms with Gasteiger partial charge in [-0.1, -0.05) is 12.1 Å². The fraction of sp³-hybridized carbons (Fsp3) is 0.400. The Labute approximate surface area is 122 Å². The van der Waals surface area contributed by atoms with Crippen LogP contribution in [0.5, 0.6) is 0 Å². The lowest BCUT2D eigenvalue weighted by Crippen LogP contribution is -2.36. The van der Waals surface area contributed by atoms with Crippen LogP contribution in [0.3, 0.4) is 0 Å². The number of H-pyrrole nitrogens is 1. The van der Waals surface area contributed by atoms with Crippen molar-refractivity contribution in [2.24, 2.45) is 0 Å². The number of fused-ring (bicyclic) bond motifs is 1. The lowest BCUT2D eigenvalue weighted by molar-refractivity contribution is -0.384. The van der Waals surface area contributed by atoms with Gasteiger partial charge in [0.1, 0.15) is 0 Å². The first-order valence-corrected chi connectivity index (χ1v) is 7.15. The molecular weight excluding hydrogens is 268 g/mol. The predicted octanol–water partition coefficient (Wildman–Crippen LogP) is 2.53. The van der Waals surface area contributed by atoms with Crippen molar-refractivity contribution in [2.75, 3.05) is 0 Å². The Bertz CT molecular complexity index is 635. The van der Waals surface area contributed by atoms with Crippen molar-refractivity contribution in [1.82, 2.24) is 15.5 Å². The fourth-order valence-corrected chi connectivity index (χ4v) is 2.89. The molecule has 1 heterocycles. The molecule has 1 aliphatic carbocycles. The molecule has 0 saturated carbocycles. The second-order valence-electron chi connectivity index (χ2n) is 5.55. The minimum absolute atomic E-state index is 0.131. The largest absolute Gasteiger partial charge is 0.307 e. The van der Waals surface area contributed by atoms with Gasteiger partial charge < -0.3 is 5.32 Å². The molecule has 110 valence electrons. The summed E-state index contributed by atoms with van der Waals surface area (Å²) >= 11 is 0. The number of aromatic nitrogens is 2. The van der Waals surface area contributed by atoms with Crippen molar-refractivity contribution < 1.29 is 4.92 Å². The number of nitro benzene ring substituents is 1. The highest BCUT2D eigenvalue weighted by molar-refractivity contribution is 5.34. The predicted molar refractivity (Wildman–Crippen MR) is 79.0 cm³/mol. The molecule has 2 unspecified atom stereocenters. The molecule has 6 heteroatoms. The number of rotatable bonds is 4. The fourth-order valence-electron chi connectivity index (χ4n) is 2.89. The highest BCUT2D eigenvalue weighted by atomic mass is 16.6. The van der Waals surface area contributed by atoms with E-state index in [9.17, 15) is 10.1 Å². The molecule has 0 radical (unpaired) electrons. The van der Waals surface area contributed by atoms with Gasteiger partial charge in [0.15, 0.2) is 0 Å². The maximum absolute atomic E-state index is 10.7. The van der Waals surface area contributed by atoms with Crippen LogP contribution in [0.25, 0.3) is 0 Å². The lowest BCUT2D eigenvalue weighted by Gasteiger charge is -2.26. The Hall–Kier alpha value is -2.21. The topological polar surface area (TPSA) is 83.8 Å². The molecule has 21 heavy (non-hydrogen) atoms. The van der Waals surface area contributed by atoms with Crippen LogP contribution in [0.1, 0.15) is 36.2 Å². The summed E-state index contributed by atoms with van der Waals surface area (Å²) in [7, 11) is 0. The van der Waals surface area contributed by atoms with Gasteiger partial charge in [-0.15, -0.1) is 0 Å². The lowest BCUT2D eigenvalue weighted by atomic mass is 9.92. The smallest absolute Gasteiger partial charge is 0.269 e. The first kappa shape index (κ1) is 13.8.